The smallest absolute Gasteiger partial charge is 0.306 e. The molecule has 0 aromatic heterocycles. The average Bonchev–Trinajstić information content (AvgIpc) is 2.74. The number of amides is 1. The molecule has 1 amide bonds. The monoisotopic (exact) mass is 320 g/mol. The molecule has 2 fully saturated rings. The lowest BCUT2D eigenvalue weighted by Gasteiger charge is -2.32. The molecule has 21 heavy (non-hydrogen) atoms. The fraction of sp³-hybridized carbons (Fsp3) is 0.833. The minimum absolute atomic E-state index is 0.124. The lowest BCUT2D eigenvalue weighted by Crippen LogP contribution is -2.47. The van der Waals surface area contributed by atoms with Crippen LogP contribution in [-0.4, -0.2) is 79.2 Å². The second-order valence-electron chi connectivity index (χ2n) is 5.25. The largest absolute Gasteiger partial charge is 0.481 e. The summed E-state index contributed by atoms with van der Waals surface area (Å²) in [6.45, 7) is 1.65. The minimum Gasteiger partial charge on any atom is -0.481 e. The molecule has 2 aliphatic rings. The molecule has 2 aliphatic heterocycles. The van der Waals surface area contributed by atoms with Crippen LogP contribution in [-0.2, 0) is 24.3 Å². The van der Waals surface area contributed by atoms with Gasteiger partial charge in [-0.1, -0.05) is 0 Å². The molecule has 0 saturated carbocycles. The highest BCUT2D eigenvalue weighted by Crippen LogP contribution is 2.15. The van der Waals surface area contributed by atoms with Crippen molar-refractivity contribution in [3.8, 4) is 0 Å². The molecular formula is C12H20N2O6S. The van der Waals surface area contributed by atoms with E-state index in [1.54, 1.807) is 4.90 Å². The molecule has 0 aliphatic carbocycles. The Kier molecular flexibility index (Phi) is 5.17. The zero-order valence-corrected chi connectivity index (χ0v) is 12.5. The molecule has 8 nitrogen and oxygen atoms in total. The first-order valence-corrected chi connectivity index (χ1v) is 8.58. The number of morpholine rings is 1. The molecule has 0 spiro atoms. The molecule has 120 valence electrons. The maximum atomic E-state index is 12.1. The molecular weight excluding hydrogens is 300 g/mol. The van der Waals surface area contributed by atoms with Crippen molar-refractivity contribution < 1.29 is 27.9 Å². The maximum absolute atomic E-state index is 12.1. The van der Waals surface area contributed by atoms with Crippen LogP contribution < -0.4 is 0 Å². The van der Waals surface area contributed by atoms with Crippen LogP contribution in [0.15, 0.2) is 0 Å². The molecule has 1 unspecified atom stereocenters. The fourth-order valence-corrected chi connectivity index (χ4v) is 4.11. The van der Waals surface area contributed by atoms with Gasteiger partial charge in [-0.25, -0.2) is 12.7 Å². The van der Waals surface area contributed by atoms with E-state index in [4.69, 9.17) is 9.84 Å². The van der Waals surface area contributed by atoms with Crippen LogP contribution in [0.5, 0.6) is 0 Å². The van der Waals surface area contributed by atoms with Gasteiger partial charge < -0.3 is 14.7 Å². The summed E-state index contributed by atoms with van der Waals surface area (Å²) in [5.74, 6) is -0.965. The van der Waals surface area contributed by atoms with Gasteiger partial charge in [0.05, 0.1) is 24.9 Å². The van der Waals surface area contributed by atoms with E-state index in [2.05, 4.69) is 0 Å². The molecule has 0 radical (unpaired) electrons. The van der Waals surface area contributed by atoms with Crippen molar-refractivity contribution in [2.24, 2.45) is 0 Å². The van der Waals surface area contributed by atoms with Crippen LogP contribution >= 0.6 is 0 Å². The van der Waals surface area contributed by atoms with Crippen LogP contribution in [0.2, 0.25) is 0 Å². The van der Waals surface area contributed by atoms with E-state index in [0.717, 1.165) is 0 Å². The van der Waals surface area contributed by atoms with E-state index >= 15 is 0 Å². The minimum atomic E-state index is -3.18. The molecule has 0 aromatic rings. The first-order valence-electron chi connectivity index (χ1n) is 6.97. The number of hydrogen-bond acceptors (Lipinski definition) is 5. The summed E-state index contributed by atoms with van der Waals surface area (Å²) < 4.78 is 29.9. The summed E-state index contributed by atoms with van der Waals surface area (Å²) in [5, 5.41) is 8.74. The van der Waals surface area contributed by atoms with Crippen LogP contribution in [0.1, 0.15) is 19.3 Å². The number of carboxylic acid groups (broad SMARTS) is 1. The molecule has 1 atom stereocenters. The number of hydrogen-bond donors (Lipinski definition) is 1. The molecule has 0 bridgehead atoms. The van der Waals surface area contributed by atoms with Crippen LogP contribution in [0, 0.1) is 0 Å². The topological polar surface area (TPSA) is 104 Å². The van der Waals surface area contributed by atoms with Gasteiger partial charge in [0.25, 0.3) is 0 Å². The molecule has 0 aromatic carbocycles. The summed E-state index contributed by atoms with van der Waals surface area (Å²) in [7, 11) is -3.18. The van der Waals surface area contributed by atoms with Crippen LogP contribution in [0.3, 0.4) is 0 Å². The quantitative estimate of drug-likeness (QED) is 0.705. The average molecular weight is 320 g/mol. The van der Waals surface area contributed by atoms with E-state index in [0.29, 0.717) is 26.1 Å². The standard InChI is InChI=1S/C12H20N2O6S/c15-11(2-4-14-3-1-7-21(14,18)19)13-5-6-20-10(9-13)8-12(16)17/h10H,1-9H2,(H,16,17). The summed E-state index contributed by atoms with van der Waals surface area (Å²) in [5.41, 5.74) is 0. The molecule has 2 rings (SSSR count). The van der Waals surface area contributed by atoms with Gasteiger partial charge >= 0.3 is 5.97 Å². The van der Waals surface area contributed by atoms with Gasteiger partial charge in [-0.2, -0.15) is 0 Å². The Morgan fingerprint density at radius 1 is 1.29 bits per heavy atom. The van der Waals surface area contributed by atoms with Crippen molar-refractivity contribution >= 4 is 21.9 Å². The molecule has 9 heteroatoms. The Morgan fingerprint density at radius 3 is 2.67 bits per heavy atom. The normalized spacial score (nSPS) is 25.9. The van der Waals surface area contributed by atoms with Gasteiger partial charge in [-0.3, -0.25) is 9.59 Å². The van der Waals surface area contributed by atoms with E-state index < -0.39 is 22.1 Å². The fourth-order valence-electron chi connectivity index (χ4n) is 2.58. The number of carbonyl (C=O) groups excluding carboxylic acids is 1. The van der Waals surface area contributed by atoms with E-state index in [1.807, 2.05) is 0 Å². The third kappa shape index (κ3) is 4.39. The van der Waals surface area contributed by atoms with Gasteiger partial charge in [0.1, 0.15) is 0 Å². The number of ether oxygens (including phenoxy) is 1. The Hall–Kier alpha value is -1.19. The number of aliphatic carboxylic acids is 1. The van der Waals surface area contributed by atoms with E-state index in [9.17, 15) is 18.0 Å². The zero-order chi connectivity index (χ0) is 15.5. The highest BCUT2D eigenvalue weighted by molar-refractivity contribution is 7.89. The van der Waals surface area contributed by atoms with Gasteiger partial charge in [0.15, 0.2) is 0 Å². The van der Waals surface area contributed by atoms with Crippen molar-refractivity contribution in [3.05, 3.63) is 0 Å². The van der Waals surface area contributed by atoms with Crippen molar-refractivity contribution in [3.63, 3.8) is 0 Å². The third-order valence-electron chi connectivity index (χ3n) is 3.67. The Balaban J connectivity index is 1.81. The van der Waals surface area contributed by atoms with Crippen LogP contribution in [0.4, 0.5) is 0 Å². The van der Waals surface area contributed by atoms with Gasteiger partial charge in [0, 0.05) is 32.6 Å². The first kappa shape index (κ1) is 16.2. The van der Waals surface area contributed by atoms with Crippen molar-refractivity contribution in [1.29, 1.82) is 0 Å². The van der Waals surface area contributed by atoms with Crippen molar-refractivity contribution in [1.82, 2.24) is 9.21 Å². The van der Waals surface area contributed by atoms with Crippen LogP contribution in [0.25, 0.3) is 0 Å². The molecule has 2 heterocycles. The van der Waals surface area contributed by atoms with Gasteiger partial charge in [-0.05, 0) is 6.42 Å². The second kappa shape index (κ2) is 6.71. The Labute approximate surface area is 123 Å². The summed E-state index contributed by atoms with van der Waals surface area (Å²) in [4.78, 5) is 24.3. The Morgan fingerprint density at radius 2 is 2.05 bits per heavy atom. The second-order valence-corrected chi connectivity index (χ2v) is 7.34. The predicted octanol–water partition coefficient (Wildman–Crippen LogP) is -0.886. The molecule has 1 N–H and O–H groups in total. The SMILES string of the molecule is O=C(O)CC1CN(C(=O)CCN2CCCS2(=O)=O)CCO1. The highest BCUT2D eigenvalue weighted by Gasteiger charge is 2.30. The van der Waals surface area contributed by atoms with Crippen molar-refractivity contribution in [2.45, 2.75) is 25.4 Å². The van der Waals surface area contributed by atoms with Gasteiger partial charge in [0.2, 0.25) is 15.9 Å². The number of sulfonamides is 1. The summed E-state index contributed by atoms with van der Waals surface area (Å²) in [6, 6.07) is 0. The zero-order valence-electron chi connectivity index (χ0n) is 11.7. The Bertz CT molecular complexity index is 506. The van der Waals surface area contributed by atoms with E-state index in [-0.39, 0.29) is 37.6 Å². The number of rotatable bonds is 5. The predicted molar refractivity (Wildman–Crippen MR) is 73.2 cm³/mol. The first-order chi connectivity index (χ1) is 9.88. The van der Waals surface area contributed by atoms with Gasteiger partial charge in [-0.15, -0.1) is 0 Å². The van der Waals surface area contributed by atoms with E-state index in [1.165, 1.54) is 4.31 Å². The summed E-state index contributed by atoms with van der Waals surface area (Å²) in [6.07, 6.45) is 0.105. The number of carboxylic acids is 1. The van der Waals surface area contributed by atoms with Crippen molar-refractivity contribution in [2.75, 3.05) is 38.5 Å². The third-order valence-corrected chi connectivity index (χ3v) is 5.63. The number of nitrogens with zero attached hydrogens (tertiary/aromatic N) is 2. The lowest BCUT2D eigenvalue weighted by molar-refractivity contribution is -0.147. The summed E-state index contributed by atoms with van der Waals surface area (Å²) >= 11 is 0. The number of carbonyl (C=O) groups is 2. The maximum Gasteiger partial charge on any atom is 0.306 e. The highest BCUT2D eigenvalue weighted by atomic mass is 32.2. The lowest BCUT2D eigenvalue weighted by atomic mass is 10.2. The molecule has 2 saturated heterocycles.